The average molecular weight is 339 g/mol. The zero-order chi connectivity index (χ0) is 18.1. The lowest BCUT2D eigenvalue weighted by molar-refractivity contribution is 0.536. The first-order chi connectivity index (χ1) is 11.8. The lowest BCUT2D eigenvalue weighted by Crippen LogP contribution is -1.83. The van der Waals surface area contributed by atoms with Crippen molar-refractivity contribution in [2.75, 3.05) is 0 Å². The van der Waals surface area contributed by atoms with Gasteiger partial charge in [-0.25, -0.2) is 0 Å². The van der Waals surface area contributed by atoms with Crippen molar-refractivity contribution >= 4 is 0 Å². The summed E-state index contributed by atoms with van der Waals surface area (Å²) >= 11 is 0. The van der Waals surface area contributed by atoms with E-state index >= 15 is 0 Å². The average Bonchev–Trinajstić information content (AvgIpc) is 2.61. The summed E-state index contributed by atoms with van der Waals surface area (Å²) in [4.78, 5) is 0. The first-order valence-corrected chi connectivity index (χ1v) is 11.4. The molecule has 0 radical (unpaired) electrons. The van der Waals surface area contributed by atoms with E-state index in [1.165, 1.54) is 122 Å². The van der Waals surface area contributed by atoms with Gasteiger partial charge < -0.3 is 0 Å². The number of hydrogen-bond acceptors (Lipinski definition) is 0. The second-order valence-electron chi connectivity index (χ2n) is 7.38. The van der Waals surface area contributed by atoms with Crippen LogP contribution in [0.1, 0.15) is 143 Å². The zero-order valence-corrected chi connectivity index (χ0v) is 17.7. The molecule has 0 aliphatic heterocycles. The van der Waals surface area contributed by atoms with E-state index in [1.807, 2.05) is 6.08 Å². The quantitative estimate of drug-likeness (QED) is 0.172. The van der Waals surface area contributed by atoms with Crippen molar-refractivity contribution in [1.82, 2.24) is 0 Å². The molecule has 0 fully saturated rings. The molecule has 0 rings (SSSR count). The van der Waals surface area contributed by atoms with Crippen molar-refractivity contribution in [3.8, 4) is 0 Å². The van der Waals surface area contributed by atoms with Crippen molar-refractivity contribution in [3.63, 3.8) is 0 Å². The molecule has 0 aliphatic carbocycles. The molecular weight excluding hydrogens is 288 g/mol. The van der Waals surface area contributed by atoms with Crippen molar-refractivity contribution in [2.24, 2.45) is 0 Å². The molecule has 0 heterocycles. The third-order valence-corrected chi connectivity index (χ3v) is 4.72. The Morgan fingerprint density at radius 1 is 0.417 bits per heavy atom. The molecule has 0 spiro atoms. The van der Waals surface area contributed by atoms with E-state index < -0.39 is 0 Å². The first-order valence-electron chi connectivity index (χ1n) is 11.4. The van der Waals surface area contributed by atoms with Gasteiger partial charge in [0.05, 0.1) is 0 Å². The van der Waals surface area contributed by atoms with Crippen LogP contribution < -0.4 is 0 Å². The van der Waals surface area contributed by atoms with Crippen LogP contribution in [0.5, 0.6) is 0 Å². The zero-order valence-electron chi connectivity index (χ0n) is 17.7. The minimum atomic E-state index is 1.21. The Balaban J connectivity index is 0. The molecule has 146 valence electrons. The number of allylic oxidation sites excluding steroid dienone is 1. The molecule has 0 atom stereocenters. The molecule has 0 aromatic carbocycles. The molecule has 0 saturated carbocycles. The first kappa shape index (κ1) is 26.0. The lowest BCUT2D eigenvalue weighted by atomic mass is 10.0. The SMILES string of the molecule is C=CCCCCCCCCCCCCCCCC.CCCCCC. The molecule has 0 aromatic rings. The summed E-state index contributed by atoms with van der Waals surface area (Å²) in [6.45, 7) is 10.5. The summed E-state index contributed by atoms with van der Waals surface area (Å²) in [6, 6.07) is 0. The highest BCUT2D eigenvalue weighted by atomic mass is 14.0. The second kappa shape index (κ2) is 27.6. The summed E-state index contributed by atoms with van der Waals surface area (Å²) in [5, 5.41) is 0. The smallest absolute Gasteiger partial charge is 0.0353 e. The van der Waals surface area contributed by atoms with E-state index in [0.29, 0.717) is 0 Å². The van der Waals surface area contributed by atoms with Crippen molar-refractivity contribution < 1.29 is 0 Å². The molecule has 0 nitrogen and oxygen atoms in total. The maximum Gasteiger partial charge on any atom is -0.0353 e. The van der Waals surface area contributed by atoms with E-state index in [9.17, 15) is 0 Å². The van der Waals surface area contributed by atoms with Gasteiger partial charge in [-0.05, 0) is 12.8 Å². The summed E-state index contributed by atoms with van der Waals surface area (Å²) < 4.78 is 0. The van der Waals surface area contributed by atoms with Gasteiger partial charge in [0.1, 0.15) is 0 Å². The molecule has 24 heavy (non-hydrogen) atoms. The summed E-state index contributed by atoms with van der Waals surface area (Å²) in [7, 11) is 0. The Kier molecular flexibility index (Phi) is 29.9. The summed E-state index contributed by atoms with van der Waals surface area (Å²) in [5.41, 5.74) is 0. The van der Waals surface area contributed by atoms with E-state index in [1.54, 1.807) is 0 Å². The molecule has 0 aliphatic rings. The molecule has 0 saturated heterocycles. The predicted molar refractivity (Wildman–Crippen MR) is 115 cm³/mol. The van der Waals surface area contributed by atoms with Crippen LogP contribution in [-0.2, 0) is 0 Å². The van der Waals surface area contributed by atoms with Gasteiger partial charge in [0.25, 0.3) is 0 Å². The van der Waals surface area contributed by atoms with Crippen LogP contribution >= 0.6 is 0 Å². The molecule has 0 bridgehead atoms. The maximum atomic E-state index is 3.76. The van der Waals surface area contributed by atoms with Crippen LogP contribution in [0.15, 0.2) is 12.7 Å². The number of unbranched alkanes of at least 4 members (excludes halogenated alkanes) is 17. The largest absolute Gasteiger partial charge is 0.103 e. The maximum absolute atomic E-state index is 3.76. The fourth-order valence-electron chi connectivity index (χ4n) is 2.98. The van der Waals surface area contributed by atoms with Gasteiger partial charge in [0.2, 0.25) is 0 Å². The van der Waals surface area contributed by atoms with Gasteiger partial charge in [-0.2, -0.15) is 0 Å². The minimum Gasteiger partial charge on any atom is -0.103 e. The predicted octanol–water partition coefficient (Wildman–Crippen LogP) is 9.63. The van der Waals surface area contributed by atoms with E-state index in [0.717, 1.165) is 0 Å². The molecule has 0 N–H and O–H groups in total. The normalized spacial score (nSPS) is 10.3. The van der Waals surface area contributed by atoms with Crippen LogP contribution in [0.25, 0.3) is 0 Å². The standard InChI is InChI=1S/C18H36.C6H14/c1-3-5-7-9-11-13-15-17-18-16-14-12-10-8-6-4-2;1-3-5-6-4-2/h3H,1,4-18H2,2H3;3-6H2,1-2H3. The molecule has 0 aromatic heterocycles. The second-order valence-corrected chi connectivity index (χ2v) is 7.38. The van der Waals surface area contributed by atoms with E-state index in [-0.39, 0.29) is 0 Å². The van der Waals surface area contributed by atoms with Gasteiger partial charge in [-0.3, -0.25) is 0 Å². The Morgan fingerprint density at radius 2 is 0.667 bits per heavy atom. The molecular formula is C24H50. The van der Waals surface area contributed by atoms with Crippen LogP contribution in [0.4, 0.5) is 0 Å². The third-order valence-electron chi connectivity index (χ3n) is 4.72. The molecule has 0 heteroatoms. The van der Waals surface area contributed by atoms with Crippen LogP contribution in [-0.4, -0.2) is 0 Å². The lowest BCUT2D eigenvalue weighted by Gasteiger charge is -2.02. The van der Waals surface area contributed by atoms with Gasteiger partial charge >= 0.3 is 0 Å². The molecule has 0 unspecified atom stereocenters. The Bertz CT molecular complexity index is 190. The fraction of sp³-hybridized carbons (Fsp3) is 0.917. The summed E-state index contributed by atoms with van der Waals surface area (Å²) in [5.74, 6) is 0. The number of rotatable bonds is 18. The summed E-state index contributed by atoms with van der Waals surface area (Å²) in [6.07, 6.45) is 29.0. The van der Waals surface area contributed by atoms with Crippen LogP contribution in [0.2, 0.25) is 0 Å². The van der Waals surface area contributed by atoms with Crippen molar-refractivity contribution in [3.05, 3.63) is 12.7 Å². The highest BCUT2D eigenvalue weighted by Gasteiger charge is 1.93. The minimum absolute atomic E-state index is 1.21. The van der Waals surface area contributed by atoms with Crippen LogP contribution in [0, 0.1) is 0 Å². The van der Waals surface area contributed by atoms with Gasteiger partial charge in [-0.15, -0.1) is 6.58 Å². The van der Waals surface area contributed by atoms with Gasteiger partial charge in [-0.1, -0.05) is 136 Å². The van der Waals surface area contributed by atoms with Gasteiger partial charge in [0, 0.05) is 0 Å². The fourth-order valence-corrected chi connectivity index (χ4v) is 2.98. The topological polar surface area (TPSA) is 0 Å². The molecule has 0 amide bonds. The van der Waals surface area contributed by atoms with Crippen molar-refractivity contribution in [1.29, 1.82) is 0 Å². The highest BCUT2D eigenvalue weighted by molar-refractivity contribution is 4.65. The van der Waals surface area contributed by atoms with E-state index in [2.05, 4.69) is 27.4 Å². The number of hydrogen-bond donors (Lipinski definition) is 0. The Labute approximate surface area is 155 Å². The van der Waals surface area contributed by atoms with Gasteiger partial charge in [0.15, 0.2) is 0 Å². The third kappa shape index (κ3) is 29.7. The van der Waals surface area contributed by atoms with Crippen molar-refractivity contribution in [2.45, 2.75) is 143 Å². The Morgan fingerprint density at radius 3 is 0.958 bits per heavy atom. The van der Waals surface area contributed by atoms with E-state index in [4.69, 9.17) is 0 Å². The Hall–Kier alpha value is -0.260. The highest BCUT2D eigenvalue weighted by Crippen LogP contribution is 2.13. The van der Waals surface area contributed by atoms with Crippen LogP contribution in [0.3, 0.4) is 0 Å². The monoisotopic (exact) mass is 338 g/mol.